The Bertz CT molecular complexity index is 644. The number of methoxy groups -OCH3 is 1. The number of aryl methyl sites for hydroxylation is 1. The molecule has 1 N–H and O–H groups in total. The predicted molar refractivity (Wildman–Crippen MR) is 86.8 cm³/mol. The zero-order valence-corrected chi connectivity index (χ0v) is 13.5. The van der Waals surface area contributed by atoms with Gasteiger partial charge in [0, 0.05) is 10.7 Å². The Morgan fingerprint density at radius 1 is 1.30 bits per heavy atom. The number of fused-ring (bicyclic) bond motifs is 1. The minimum Gasteiger partial charge on any atom is -0.496 e. The first-order valence-corrected chi connectivity index (χ1v) is 7.73. The van der Waals surface area contributed by atoms with Crippen LogP contribution in [0.25, 0.3) is 0 Å². The fraction of sp³-hybridized carbons (Fsp3) is 0.250. The molecular weight excluding hydrogens is 338 g/mol. The fourth-order valence-corrected chi connectivity index (χ4v) is 3.33. The van der Waals surface area contributed by atoms with Gasteiger partial charge in [-0.2, -0.15) is 0 Å². The third-order valence-corrected chi connectivity index (χ3v) is 4.52. The molecule has 0 fully saturated rings. The van der Waals surface area contributed by atoms with E-state index in [9.17, 15) is 0 Å². The Morgan fingerprint density at radius 2 is 2.15 bits per heavy atom. The third-order valence-electron chi connectivity index (χ3n) is 3.66. The molecule has 0 aliphatic carbocycles. The highest BCUT2D eigenvalue weighted by atomic mass is 79.9. The van der Waals surface area contributed by atoms with Crippen LogP contribution in [0.2, 0.25) is 5.02 Å². The summed E-state index contributed by atoms with van der Waals surface area (Å²) < 4.78 is 6.32. The molecule has 0 amide bonds. The van der Waals surface area contributed by atoms with Crippen LogP contribution < -0.4 is 10.1 Å². The molecule has 104 valence electrons. The molecular formula is C16H15BrClNO. The maximum Gasteiger partial charge on any atom is 0.133 e. The number of anilines is 1. The largest absolute Gasteiger partial charge is 0.496 e. The highest BCUT2D eigenvalue weighted by Gasteiger charge is 2.20. The Labute approximate surface area is 132 Å². The van der Waals surface area contributed by atoms with E-state index >= 15 is 0 Å². The summed E-state index contributed by atoms with van der Waals surface area (Å²) in [5.41, 5.74) is 3.69. The molecule has 0 saturated heterocycles. The van der Waals surface area contributed by atoms with Crippen LogP contribution in [0.15, 0.2) is 40.9 Å². The molecule has 1 atom stereocenters. The summed E-state index contributed by atoms with van der Waals surface area (Å²) in [5.74, 6) is 0.881. The minimum absolute atomic E-state index is 0.307. The second-order valence-corrected chi connectivity index (χ2v) is 6.23. The van der Waals surface area contributed by atoms with Gasteiger partial charge in [-0.15, -0.1) is 0 Å². The molecule has 0 radical (unpaired) electrons. The number of hydrogen-bond acceptors (Lipinski definition) is 2. The van der Waals surface area contributed by atoms with Gasteiger partial charge in [-0.1, -0.05) is 23.7 Å². The second kappa shape index (κ2) is 5.66. The van der Waals surface area contributed by atoms with E-state index < -0.39 is 0 Å². The predicted octanol–water partition coefficient (Wildman–Crippen LogP) is 5.21. The van der Waals surface area contributed by atoms with Crippen molar-refractivity contribution in [3.63, 3.8) is 0 Å². The number of rotatable bonds is 2. The van der Waals surface area contributed by atoms with Crippen LogP contribution in [0.1, 0.15) is 23.6 Å². The summed E-state index contributed by atoms with van der Waals surface area (Å²) in [7, 11) is 1.69. The number of halogens is 2. The lowest BCUT2D eigenvalue weighted by Crippen LogP contribution is -2.18. The molecule has 1 unspecified atom stereocenters. The summed E-state index contributed by atoms with van der Waals surface area (Å²) in [6.45, 7) is 0. The SMILES string of the molecule is COc1cc2c(cc1Br)NC(c1cccc(Cl)c1)CC2. The van der Waals surface area contributed by atoms with Crippen molar-refractivity contribution in [2.24, 2.45) is 0 Å². The van der Waals surface area contributed by atoms with E-state index in [1.807, 2.05) is 18.2 Å². The molecule has 4 heteroatoms. The lowest BCUT2D eigenvalue weighted by atomic mass is 9.93. The van der Waals surface area contributed by atoms with Gasteiger partial charge in [-0.3, -0.25) is 0 Å². The lowest BCUT2D eigenvalue weighted by molar-refractivity contribution is 0.411. The Hall–Kier alpha value is -1.19. The topological polar surface area (TPSA) is 21.3 Å². The zero-order valence-electron chi connectivity index (χ0n) is 11.1. The second-order valence-electron chi connectivity index (χ2n) is 4.93. The van der Waals surface area contributed by atoms with Crippen LogP contribution in [-0.4, -0.2) is 7.11 Å². The van der Waals surface area contributed by atoms with Crippen molar-refractivity contribution in [2.45, 2.75) is 18.9 Å². The molecule has 1 heterocycles. The molecule has 2 aromatic rings. The molecule has 0 spiro atoms. The van der Waals surface area contributed by atoms with Crippen LogP contribution in [0.3, 0.4) is 0 Å². The molecule has 0 bridgehead atoms. The number of ether oxygens (including phenoxy) is 1. The van der Waals surface area contributed by atoms with Crippen LogP contribution >= 0.6 is 27.5 Å². The van der Waals surface area contributed by atoms with Crippen LogP contribution in [0, 0.1) is 0 Å². The van der Waals surface area contributed by atoms with Gasteiger partial charge in [-0.05, 0) is 64.2 Å². The van der Waals surface area contributed by atoms with Gasteiger partial charge in [0.15, 0.2) is 0 Å². The monoisotopic (exact) mass is 351 g/mol. The molecule has 1 aliphatic heterocycles. The minimum atomic E-state index is 0.307. The van der Waals surface area contributed by atoms with Gasteiger partial charge in [0.2, 0.25) is 0 Å². The summed E-state index contributed by atoms with van der Waals surface area (Å²) in [4.78, 5) is 0. The normalized spacial score (nSPS) is 17.2. The average molecular weight is 353 g/mol. The van der Waals surface area contributed by atoms with Gasteiger partial charge >= 0.3 is 0 Å². The summed E-state index contributed by atoms with van der Waals surface area (Å²) in [6, 6.07) is 12.5. The van der Waals surface area contributed by atoms with Crippen molar-refractivity contribution in [2.75, 3.05) is 12.4 Å². The van der Waals surface area contributed by atoms with E-state index in [1.54, 1.807) is 7.11 Å². The number of benzene rings is 2. The average Bonchev–Trinajstić information content (AvgIpc) is 2.46. The highest BCUT2D eigenvalue weighted by Crippen LogP contribution is 2.38. The van der Waals surface area contributed by atoms with E-state index in [2.05, 4.69) is 39.4 Å². The van der Waals surface area contributed by atoms with Crippen LogP contribution in [0.4, 0.5) is 5.69 Å². The summed E-state index contributed by atoms with van der Waals surface area (Å²) in [5, 5.41) is 4.37. The lowest BCUT2D eigenvalue weighted by Gasteiger charge is -2.28. The van der Waals surface area contributed by atoms with Crippen LogP contribution in [-0.2, 0) is 6.42 Å². The van der Waals surface area contributed by atoms with E-state index in [4.69, 9.17) is 16.3 Å². The van der Waals surface area contributed by atoms with Crippen LogP contribution in [0.5, 0.6) is 5.75 Å². The molecule has 3 rings (SSSR count). The molecule has 1 aliphatic rings. The first kappa shape index (κ1) is 13.8. The maximum absolute atomic E-state index is 6.08. The maximum atomic E-state index is 6.08. The van der Waals surface area contributed by atoms with Crippen molar-refractivity contribution in [3.05, 3.63) is 57.0 Å². The quantitative estimate of drug-likeness (QED) is 0.801. The van der Waals surface area contributed by atoms with Gasteiger partial charge in [0.25, 0.3) is 0 Å². The number of hydrogen-bond donors (Lipinski definition) is 1. The van der Waals surface area contributed by atoms with Gasteiger partial charge in [0.1, 0.15) is 5.75 Å². The molecule has 2 aromatic carbocycles. The first-order valence-electron chi connectivity index (χ1n) is 6.56. The summed E-state index contributed by atoms with van der Waals surface area (Å²) >= 11 is 9.61. The van der Waals surface area contributed by atoms with Gasteiger partial charge < -0.3 is 10.1 Å². The Kier molecular flexibility index (Phi) is 3.90. The molecule has 0 aromatic heterocycles. The van der Waals surface area contributed by atoms with Crippen molar-refractivity contribution in [1.82, 2.24) is 0 Å². The molecule has 2 nitrogen and oxygen atoms in total. The fourth-order valence-electron chi connectivity index (χ4n) is 2.63. The smallest absolute Gasteiger partial charge is 0.133 e. The van der Waals surface area contributed by atoms with E-state index in [1.165, 1.54) is 11.1 Å². The zero-order chi connectivity index (χ0) is 14.1. The summed E-state index contributed by atoms with van der Waals surface area (Å²) in [6.07, 6.45) is 2.08. The van der Waals surface area contributed by atoms with Crippen molar-refractivity contribution in [3.8, 4) is 5.75 Å². The molecule has 20 heavy (non-hydrogen) atoms. The van der Waals surface area contributed by atoms with Gasteiger partial charge in [-0.25, -0.2) is 0 Å². The van der Waals surface area contributed by atoms with E-state index in [0.717, 1.165) is 33.8 Å². The first-order chi connectivity index (χ1) is 9.67. The number of nitrogens with one attached hydrogen (secondary N) is 1. The standard InChI is InChI=1S/C16H15BrClNO/c1-20-16-8-11-5-6-14(19-15(11)9-13(16)17)10-3-2-4-12(18)7-10/h2-4,7-9,14,19H,5-6H2,1H3. The Balaban J connectivity index is 1.90. The van der Waals surface area contributed by atoms with Crippen molar-refractivity contribution < 1.29 is 4.74 Å². The third kappa shape index (κ3) is 2.65. The van der Waals surface area contributed by atoms with Crippen molar-refractivity contribution in [1.29, 1.82) is 0 Å². The van der Waals surface area contributed by atoms with E-state index in [0.29, 0.717) is 6.04 Å². The van der Waals surface area contributed by atoms with Crippen molar-refractivity contribution >= 4 is 33.2 Å². The van der Waals surface area contributed by atoms with E-state index in [-0.39, 0.29) is 0 Å². The highest BCUT2D eigenvalue weighted by molar-refractivity contribution is 9.10. The molecule has 0 saturated carbocycles. The Morgan fingerprint density at radius 3 is 2.90 bits per heavy atom. The van der Waals surface area contributed by atoms with Gasteiger partial charge in [0.05, 0.1) is 17.6 Å².